The summed E-state index contributed by atoms with van der Waals surface area (Å²) in [7, 11) is 1.71. The molecule has 0 unspecified atom stereocenters. The molecule has 2 aromatic rings. The van der Waals surface area contributed by atoms with Crippen molar-refractivity contribution in [1.82, 2.24) is 4.90 Å². The number of carbonyl (C=O) groups excluding carboxylic acids is 2. The maximum absolute atomic E-state index is 12.7. The number of anilines is 1. The van der Waals surface area contributed by atoms with Gasteiger partial charge in [-0.2, -0.15) is 5.10 Å². The van der Waals surface area contributed by atoms with E-state index < -0.39 is 0 Å². The van der Waals surface area contributed by atoms with Crippen LogP contribution < -0.4 is 5.01 Å². The number of hydrogen-bond acceptors (Lipinski definition) is 3. The molecule has 5 nitrogen and oxygen atoms in total. The molecule has 3 rings (SSSR count). The number of hydrazone groups is 1. The first kappa shape index (κ1) is 17.2. The molecular formula is C19H18ClN3O2. The highest BCUT2D eigenvalue weighted by atomic mass is 35.5. The summed E-state index contributed by atoms with van der Waals surface area (Å²) in [4.78, 5) is 26.4. The Balaban J connectivity index is 1.79. The molecule has 0 fully saturated rings. The van der Waals surface area contributed by atoms with Gasteiger partial charge in [0.05, 0.1) is 5.69 Å². The summed E-state index contributed by atoms with van der Waals surface area (Å²) in [5, 5.41) is 6.22. The summed E-state index contributed by atoms with van der Waals surface area (Å²) >= 11 is 6.16. The number of halogens is 1. The Morgan fingerprint density at radius 1 is 1.12 bits per heavy atom. The van der Waals surface area contributed by atoms with Crippen molar-refractivity contribution in [1.29, 1.82) is 0 Å². The third-order valence-corrected chi connectivity index (χ3v) is 4.36. The van der Waals surface area contributed by atoms with Gasteiger partial charge >= 0.3 is 0 Å². The molecule has 25 heavy (non-hydrogen) atoms. The van der Waals surface area contributed by atoms with E-state index in [1.54, 1.807) is 30.1 Å². The minimum Gasteiger partial charge on any atom is -0.336 e. The van der Waals surface area contributed by atoms with Crippen LogP contribution in [-0.2, 0) is 16.1 Å². The van der Waals surface area contributed by atoms with Crippen molar-refractivity contribution in [2.24, 2.45) is 5.10 Å². The monoisotopic (exact) mass is 355 g/mol. The van der Waals surface area contributed by atoms with Gasteiger partial charge in [-0.1, -0.05) is 48.0 Å². The van der Waals surface area contributed by atoms with Gasteiger partial charge in [0.25, 0.3) is 5.91 Å². The van der Waals surface area contributed by atoms with E-state index in [1.807, 2.05) is 36.4 Å². The molecule has 0 bridgehead atoms. The Morgan fingerprint density at radius 2 is 1.80 bits per heavy atom. The Hall–Kier alpha value is -2.66. The average Bonchev–Trinajstić information content (AvgIpc) is 2.64. The number of benzene rings is 2. The van der Waals surface area contributed by atoms with Crippen LogP contribution in [0.5, 0.6) is 0 Å². The van der Waals surface area contributed by atoms with E-state index >= 15 is 0 Å². The minimum absolute atomic E-state index is 0.114. The minimum atomic E-state index is -0.201. The summed E-state index contributed by atoms with van der Waals surface area (Å²) < 4.78 is 0. The summed E-state index contributed by atoms with van der Waals surface area (Å²) in [6.07, 6.45) is 0.604. The summed E-state index contributed by atoms with van der Waals surface area (Å²) in [6, 6.07) is 16.5. The molecule has 1 aliphatic rings. The van der Waals surface area contributed by atoms with Gasteiger partial charge in [-0.05, 0) is 23.8 Å². The molecule has 2 amide bonds. The lowest BCUT2D eigenvalue weighted by molar-refractivity contribution is -0.123. The molecule has 0 atom stereocenters. The second-order valence-electron chi connectivity index (χ2n) is 5.84. The van der Waals surface area contributed by atoms with Gasteiger partial charge in [-0.3, -0.25) is 9.59 Å². The molecule has 0 spiro atoms. The van der Waals surface area contributed by atoms with Crippen molar-refractivity contribution in [3.05, 3.63) is 65.2 Å². The Kier molecular flexibility index (Phi) is 5.14. The Bertz CT molecular complexity index is 820. The van der Waals surface area contributed by atoms with E-state index in [1.165, 1.54) is 5.01 Å². The van der Waals surface area contributed by atoms with E-state index in [-0.39, 0.29) is 18.2 Å². The second kappa shape index (κ2) is 7.49. The predicted octanol–water partition coefficient (Wildman–Crippen LogP) is 3.48. The van der Waals surface area contributed by atoms with E-state index in [0.717, 1.165) is 5.56 Å². The Morgan fingerprint density at radius 3 is 2.52 bits per heavy atom. The van der Waals surface area contributed by atoms with E-state index in [0.29, 0.717) is 29.4 Å². The number of carbonyl (C=O) groups is 2. The summed E-state index contributed by atoms with van der Waals surface area (Å²) in [6.45, 7) is 0.386. The largest absolute Gasteiger partial charge is 0.336 e. The topological polar surface area (TPSA) is 53.0 Å². The SMILES string of the molecule is CN(Cc1ccccc1Cl)C(=O)C1=NN(c2ccccc2)C(=O)CC1. The second-order valence-corrected chi connectivity index (χ2v) is 6.25. The van der Waals surface area contributed by atoms with Crippen LogP contribution >= 0.6 is 11.6 Å². The maximum atomic E-state index is 12.7. The van der Waals surface area contributed by atoms with Gasteiger partial charge in [0, 0.05) is 31.5 Å². The predicted molar refractivity (Wildman–Crippen MR) is 98.5 cm³/mol. The number of rotatable bonds is 4. The van der Waals surface area contributed by atoms with Crippen molar-refractivity contribution in [3.8, 4) is 0 Å². The zero-order chi connectivity index (χ0) is 17.8. The van der Waals surface area contributed by atoms with Gasteiger partial charge < -0.3 is 4.90 Å². The van der Waals surface area contributed by atoms with Crippen LogP contribution in [0.1, 0.15) is 18.4 Å². The Labute approximate surface area is 151 Å². The number of nitrogens with zero attached hydrogens (tertiary/aromatic N) is 3. The van der Waals surface area contributed by atoms with E-state index in [2.05, 4.69) is 5.10 Å². The molecule has 1 heterocycles. The van der Waals surface area contributed by atoms with Gasteiger partial charge in [-0.15, -0.1) is 0 Å². The van der Waals surface area contributed by atoms with Crippen LogP contribution in [-0.4, -0.2) is 29.5 Å². The molecule has 2 aromatic carbocycles. The first-order valence-corrected chi connectivity index (χ1v) is 8.38. The van der Waals surface area contributed by atoms with Crippen molar-refractivity contribution < 1.29 is 9.59 Å². The van der Waals surface area contributed by atoms with Crippen molar-refractivity contribution in [3.63, 3.8) is 0 Å². The molecule has 0 radical (unpaired) electrons. The zero-order valence-corrected chi connectivity index (χ0v) is 14.6. The van der Waals surface area contributed by atoms with E-state index in [4.69, 9.17) is 11.6 Å². The van der Waals surface area contributed by atoms with Crippen LogP contribution in [0.15, 0.2) is 59.7 Å². The lowest BCUT2D eigenvalue weighted by Gasteiger charge is -2.25. The molecule has 1 aliphatic heterocycles. The lowest BCUT2D eigenvalue weighted by Crippen LogP contribution is -2.39. The van der Waals surface area contributed by atoms with Gasteiger partial charge in [0.15, 0.2) is 0 Å². The van der Waals surface area contributed by atoms with Crippen LogP contribution in [0.4, 0.5) is 5.69 Å². The number of para-hydroxylation sites is 1. The first-order chi connectivity index (χ1) is 12.1. The number of amides is 2. The fraction of sp³-hybridized carbons (Fsp3) is 0.211. The van der Waals surface area contributed by atoms with Crippen LogP contribution in [0.25, 0.3) is 0 Å². The fourth-order valence-electron chi connectivity index (χ4n) is 2.65. The smallest absolute Gasteiger partial charge is 0.270 e. The van der Waals surface area contributed by atoms with Gasteiger partial charge in [0.2, 0.25) is 5.91 Å². The first-order valence-electron chi connectivity index (χ1n) is 8.00. The molecule has 128 valence electrons. The lowest BCUT2D eigenvalue weighted by atomic mass is 10.1. The molecule has 0 saturated heterocycles. The third-order valence-electron chi connectivity index (χ3n) is 3.99. The van der Waals surface area contributed by atoms with Crippen molar-refractivity contribution in [2.75, 3.05) is 12.1 Å². The molecule has 6 heteroatoms. The zero-order valence-electron chi connectivity index (χ0n) is 13.9. The highest BCUT2D eigenvalue weighted by Crippen LogP contribution is 2.21. The normalized spacial score (nSPS) is 14.2. The standard InChI is InChI=1S/C19H18ClN3O2/c1-22(13-14-7-5-6-10-16(14)20)19(25)17-11-12-18(24)23(21-17)15-8-3-2-4-9-15/h2-10H,11-13H2,1H3. The quantitative estimate of drug-likeness (QED) is 0.843. The average molecular weight is 356 g/mol. The molecule has 0 aromatic heterocycles. The van der Waals surface area contributed by atoms with E-state index in [9.17, 15) is 9.59 Å². The molecule has 0 aliphatic carbocycles. The molecule has 0 N–H and O–H groups in total. The third kappa shape index (κ3) is 3.88. The summed E-state index contributed by atoms with van der Waals surface area (Å²) in [5.41, 5.74) is 1.90. The number of hydrogen-bond donors (Lipinski definition) is 0. The van der Waals surface area contributed by atoms with Crippen molar-refractivity contribution >= 4 is 34.8 Å². The highest BCUT2D eigenvalue weighted by Gasteiger charge is 2.27. The van der Waals surface area contributed by atoms with Crippen LogP contribution in [0.3, 0.4) is 0 Å². The van der Waals surface area contributed by atoms with Gasteiger partial charge in [0.1, 0.15) is 5.71 Å². The van der Waals surface area contributed by atoms with Gasteiger partial charge in [-0.25, -0.2) is 5.01 Å². The summed E-state index contributed by atoms with van der Waals surface area (Å²) in [5.74, 6) is -0.315. The highest BCUT2D eigenvalue weighted by molar-refractivity contribution is 6.40. The van der Waals surface area contributed by atoms with Crippen LogP contribution in [0.2, 0.25) is 5.02 Å². The maximum Gasteiger partial charge on any atom is 0.270 e. The molecule has 0 saturated carbocycles. The van der Waals surface area contributed by atoms with Crippen molar-refractivity contribution in [2.45, 2.75) is 19.4 Å². The van der Waals surface area contributed by atoms with Crippen LogP contribution in [0, 0.1) is 0 Å². The fourth-order valence-corrected chi connectivity index (χ4v) is 2.85. The molecular weight excluding hydrogens is 338 g/mol.